The standard InChI is InChI=1S/C12H13BrO/c13-11-6-4-9(5-7-11)8-10-2-1-3-12(10)14/h4-8,12,14H,1-3H2. The molecule has 1 aliphatic carbocycles. The first-order chi connectivity index (χ1) is 6.75. The van der Waals surface area contributed by atoms with Crippen LogP contribution in [0.15, 0.2) is 34.3 Å². The van der Waals surface area contributed by atoms with Gasteiger partial charge < -0.3 is 5.11 Å². The molecule has 0 amide bonds. The molecule has 1 aliphatic rings. The first kappa shape index (κ1) is 9.94. The smallest absolute Gasteiger partial charge is 0.0753 e. The van der Waals surface area contributed by atoms with Crippen molar-refractivity contribution in [2.45, 2.75) is 25.4 Å². The molecular formula is C12H13BrO. The van der Waals surface area contributed by atoms with Crippen LogP contribution in [0.25, 0.3) is 6.08 Å². The molecular weight excluding hydrogens is 240 g/mol. The molecule has 1 atom stereocenters. The van der Waals surface area contributed by atoms with Crippen LogP contribution < -0.4 is 0 Å². The van der Waals surface area contributed by atoms with Crippen LogP contribution in [0.1, 0.15) is 24.8 Å². The number of halogens is 1. The lowest BCUT2D eigenvalue weighted by molar-refractivity contribution is 0.219. The van der Waals surface area contributed by atoms with E-state index in [-0.39, 0.29) is 6.10 Å². The molecule has 1 aromatic carbocycles. The van der Waals surface area contributed by atoms with Gasteiger partial charge in [0.2, 0.25) is 0 Å². The van der Waals surface area contributed by atoms with Crippen LogP contribution in [0.4, 0.5) is 0 Å². The zero-order chi connectivity index (χ0) is 9.97. The van der Waals surface area contributed by atoms with Crippen LogP contribution in [0.5, 0.6) is 0 Å². The Hall–Kier alpha value is -0.600. The zero-order valence-electron chi connectivity index (χ0n) is 7.91. The van der Waals surface area contributed by atoms with E-state index in [1.54, 1.807) is 0 Å². The van der Waals surface area contributed by atoms with E-state index in [4.69, 9.17) is 0 Å². The maximum Gasteiger partial charge on any atom is 0.0753 e. The average molecular weight is 253 g/mol. The molecule has 1 N–H and O–H groups in total. The Labute approximate surface area is 92.6 Å². The summed E-state index contributed by atoms with van der Waals surface area (Å²) in [7, 11) is 0. The molecule has 0 radical (unpaired) electrons. The molecule has 0 spiro atoms. The van der Waals surface area contributed by atoms with Gasteiger partial charge in [0.15, 0.2) is 0 Å². The molecule has 0 heterocycles. The maximum absolute atomic E-state index is 9.63. The summed E-state index contributed by atoms with van der Waals surface area (Å²) in [6.07, 6.45) is 4.96. The van der Waals surface area contributed by atoms with Gasteiger partial charge >= 0.3 is 0 Å². The number of aliphatic hydroxyl groups excluding tert-OH is 1. The van der Waals surface area contributed by atoms with Crippen molar-refractivity contribution in [2.24, 2.45) is 0 Å². The Morgan fingerprint density at radius 1 is 1.29 bits per heavy atom. The lowest BCUT2D eigenvalue weighted by atomic mass is 10.1. The second kappa shape index (κ2) is 4.28. The van der Waals surface area contributed by atoms with Gasteiger partial charge in [-0.15, -0.1) is 0 Å². The largest absolute Gasteiger partial charge is 0.389 e. The van der Waals surface area contributed by atoms with E-state index < -0.39 is 0 Å². The lowest BCUT2D eigenvalue weighted by Crippen LogP contribution is -2.00. The van der Waals surface area contributed by atoms with Gasteiger partial charge in [0.05, 0.1) is 6.10 Å². The molecule has 2 rings (SSSR count). The summed E-state index contributed by atoms with van der Waals surface area (Å²) in [6, 6.07) is 8.16. The monoisotopic (exact) mass is 252 g/mol. The minimum absolute atomic E-state index is 0.210. The first-order valence-electron chi connectivity index (χ1n) is 4.90. The van der Waals surface area contributed by atoms with Crippen molar-refractivity contribution in [1.82, 2.24) is 0 Å². The normalized spacial score (nSPS) is 24.4. The van der Waals surface area contributed by atoms with E-state index >= 15 is 0 Å². The van der Waals surface area contributed by atoms with E-state index in [0.29, 0.717) is 0 Å². The highest BCUT2D eigenvalue weighted by Crippen LogP contribution is 2.26. The van der Waals surface area contributed by atoms with Crippen LogP contribution in [0, 0.1) is 0 Å². The quantitative estimate of drug-likeness (QED) is 0.813. The van der Waals surface area contributed by atoms with E-state index in [1.807, 2.05) is 12.1 Å². The fourth-order valence-electron chi connectivity index (χ4n) is 1.79. The maximum atomic E-state index is 9.63. The third-order valence-electron chi connectivity index (χ3n) is 2.59. The topological polar surface area (TPSA) is 20.2 Å². The highest BCUT2D eigenvalue weighted by molar-refractivity contribution is 9.10. The Bertz CT molecular complexity index is 340. The second-order valence-electron chi connectivity index (χ2n) is 3.68. The fraction of sp³-hybridized carbons (Fsp3) is 0.333. The van der Waals surface area contributed by atoms with Crippen molar-refractivity contribution in [3.8, 4) is 0 Å². The lowest BCUT2D eigenvalue weighted by Gasteiger charge is -2.03. The average Bonchev–Trinajstić information content (AvgIpc) is 2.56. The number of hydrogen-bond donors (Lipinski definition) is 1. The first-order valence-corrected chi connectivity index (χ1v) is 5.69. The van der Waals surface area contributed by atoms with Crippen LogP contribution in [0.2, 0.25) is 0 Å². The highest BCUT2D eigenvalue weighted by atomic mass is 79.9. The molecule has 1 saturated carbocycles. The highest BCUT2D eigenvalue weighted by Gasteiger charge is 2.17. The minimum Gasteiger partial charge on any atom is -0.389 e. The summed E-state index contributed by atoms with van der Waals surface area (Å²) in [5.74, 6) is 0. The van der Waals surface area contributed by atoms with Crippen LogP contribution in [0.3, 0.4) is 0 Å². The molecule has 1 nitrogen and oxygen atoms in total. The van der Waals surface area contributed by atoms with E-state index in [9.17, 15) is 5.11 Å². The third kappa shape index (κ3) is 2.25. The summed E-state index contributed by atoms with van der Waals surface area (Å²) in [4.78, 5) is 0. The summed E-state index contributed by atoms with van der Waals surface area (Å²) < 4.78 is 1.09. The van der Waals surface area contributed by atoms with Gasteiger partial charge in [-0.05, 0) is 42.5 Å². The molecule has 0 bridgehead atoms. The molecule has 0 saturated heterocycles. The number of rotatable bonds is 1. The van der Waals surface area contributed by atoms with Crippen molar-refractivity contribution in [3.63, 3.8) is 0 Å². The van der Waals surface area contributed by atoms with Crippen molar-refractivity contribution < 1.29 is 5.11 Å². The van der Waals surface area contributed by atoms with Crippen LogP contribution >= 0.6 is 15.9 Å². The fourth-order valence-corrected chi connectivity index (χ4v) is 2.06. The second-order valence-corrected chi connectivity index (χ2v) is 4.59. The molecule has 74 valence electrons. The van der Waals surface area contributed by atoms with Crippen LogP contribution in [-0.2, 0) is 0 Å². The predicted octanol–water partition coefficient (Wildman–Crippen LogP) is 3.38. The predicted molar refractivity (Wildman–Crippen MR) is 62.0 cm³/mol. The van der Waals surface area contributed by atoms with Crippen LogP contribution in [-0.4, -0.2) is 11.2 Å². The van der Waals surface area contributed by atoms with Gasteiger partial charge in [-0.3, -0.25) is 0 Å². The number of benzene rings is 1. The van der Waals surface area contributed by atoms with Gasteiger partial charge in [0.1, 0.15) is 0 Å². The molecule has 1 fully saturated rings. The van der Waals surface area contributed by atoms with E-state index in [0.717, 1.165) is 23.7 Å². The minimum atomic E-state index is -0.210. The van der Waals surface area contributed by atoms with E-state index in [2.05, 4.69) is 34.1 Å². The Kier molecular flexibility index (Phi) is 3.04. The molecule has 1 unspecified atom stereocenters. The van der Waals surface area contributed by atoms with Gasteiger partial charge in [-0.2, -0.15) is 0 Å². The van der Waals surface area contributed by atoms with Crippen molar-refractivity contribution in [1.29, 1.82) is 0 Å². The SMILES string of the molecule is OC1CCCC1=Cc1ccc(Br)cc1. The number of hydrogen-bond acceptors (Lipinski definition) is 1. The Morgan fingerprint density at radius 2 is 2.00 bits per heavy atom. The van der Waals surface area contributed by atoms with E-state index in [1.165, 1.54) is 11.1 Å². The molecule has 1 aromatic rings. The van der Waals surface area contributed by atoms with Crippen molar-refractivity contribution in [2.75, 3.05) is 0 Å². The summed E-state index contributed by atoms with van der Waals surface area (Å²) in [5, 5.41) is 9.63. The Balaban J connectivity index is 2.20. The van der Waals surface area contributed by atoms with Crippen molar-refractivity contribution >= 4 is 22.0 Å². The molecule has 0 aliphatic heterocycles. The molecule has 0 aromatic heterocycles. The van der Waals surface area contributed by atoms with Crippen molar-refractivity contribution in [3.05, 3.63) is 39.9 Å². The summed E-state index contributed by atoms with van der Waals surface area (Å²) in [6.45, 7) is 0. The molecule has 2 heteroatoms. The van der Waals surface area contributed by atoms with Gasteiger partial charge in [-0.25, -0.2) is 0 Å². The van der Waals surface area contributed by atoms with Gasteiger partial charge in [0, 0.05) is 4.47 Å². The summed E-state index contributed by atoms with van der Waals surface area (Å²) in [5.41, 5.74) is 2.34. The summed E-state index contributed by atoms with van der Waals surface area (Å²) >= 11 is 3.40. The zero-order valence-corrected chi connectivity index (χ0v) is 9.50. The third-order valence-corrected chi connectivity index (χ3v) is 3.12. The van der Waals surface area contributed by atoms with Gasteiger partial charge in [0.25, 0.3) is 0 Å². The number of aliphatic hydroxyl groups is 1. The molecule has 14 heavy (non-hydrogen) atoms. The Morgan fingerprint density at radius 3 is 2.57 bits per heavy atom. The van der Waals surface area contributed by atoms with Gasteiger partial charge in [-0.1, -0.05) is 34.1 Å².